The first-order valence-electron chi connectivity index (χ1n) is 11.2. The van der Waals surface area contributed by atoms with Crippen molar-refractivity contribution in [3.63, 3.8) is 0 Å². The van der Waals surface area contributed by atoms with E-state index in [-0.39, 0.29) is 12.3 Å². The minimum Gasteiger partial charge on any atom is -0.391 e. The van der Waals surface area contributed by atoms with Gasteiger partial charge in [-0.25, -0.2) is 0 Å². The molecule has 0 saturated carbocycles. The molecular formula is C25H33N5O5. The number of carbonyl (C=O) groups is 4. The summed E-state index contributed by atoms with van der Waals surface area (Å²) in [6, 6.07) is 15.1. The topological polar surface area (TPSA) is 168 Å². The first-order valence-corrected chi connectivity index (χ1v) is 11.2. The van der Waals surface area contributed by atoms with Crippen LogP contribution in [0.2, 0.25) is 0 Å². The van der Waals surface area contributed by atoms with E-state index in [9.17, 15) is 24.3 Å². The molecule has 3 unspecified atom stereocenters. The molecule has 35 heavy (non-hydrogen) atoms. The maximum atomic E-state index is 13.2. The highest BCUT2D eigenvalue weighted by atomic mass is 16.3. The molecule has 0 aromatic heterocycles. The lowest BCUT2D eigenvalue weighted by Crippen LogP contribution is -2.55. The van der Waals surface area contributed by atoms with Crippen LogP contribution in [0.3, 0.4) is 0 Å². The Morgan fingerprint density at radius 2 is 1.49 bits per heavy atom. The van der Waals surface area contributed by atoms with Gasteiger partial charge >= 0.3 is 0 Å². The Hall–Kier alpha value is -3.76. The van der Waals surface area contributed by atoms with Crippen molar-refractivity contribution in [2.24, 2.45) is 11.5 Å². The van der Waals surface area contributed by atoms with Gasteiger partial charge in [-0.2, -0.15) is 0 Å². The number of nitrogens with two attached hydrogens (primary N) is 2. The summed E-state index contributed by atoms with van der Waals surface area (Å²) in [5.74, 6) is -2.66. The summed E-state index contributed by atoms with van der Waals surface area (Å²) in [6.07, 6.45) is -1.45. The molecule has 0 saturated heterocycles. The lowest BCUT2D eigenvalue weighted by atomic mass is 10.0. The van der Waals surface area contributed by atoms with Gasteiger partial charge in [0.15, 0.2) is 0 Å². The number of primary amides is 1. The van der Waals surface area contributed by atoms with Crippen molar-refractivity contribution in [3.8, 4) is 0 Å². The Labute approximate surface area is 204 Å². The molecular weight excluding hydrogens is 450 g/mol. The van der Waals surface area contributed by atoms with E-state index in [0.29, 0.717) is 6.54 Å². The van der Waals surface area contributed by atoms with E-state index < -0.39 is 48.4 Å². The van der Waals surface area contributed by atoms with Crippen molar-refractivity contribution in [2.75, 3.05) is 7.05 Å². The zero-order chi connectivity index (χ0) is 26.0. The number of hydrogen-bond donors (Lipinski definition) is 5. The average molecular weight is 484 g/mol. The predicted molar refractivity (Wildman–Crippen MR) is 130 cm³/mol. The summed E-state index contributed by atoms with van der Waals surface area (Å²) in [5, 5.41) is 14.5. The van der Waals surface area contributed by atoms with Crippen LogP contribution in [0.1, 0.15) is 24.5 Å². The summed E-state index contributed by atoms with van der Waals surface area (Å²) in [5.41, 5.74) is 12.9. The van der Waals surface area contributed by atoms with Gasteiger partial charge in [0.2, 0.25) is 23.6 Å². The van der Waals surface area contributed by atoms with Crippen LogP contribution in [0.5, 0.6) is 0 Å². The summed E-state index contributed by atoms with van der Waals surface area (Å²) in [7, 11) is 1.65. The summed E-state index contributed by atoms with van der Waals surface area (Å²) in [6.45, 7) is 1.65. The third-order valence-electron chi connectivity index (χ3n) is 5.38. The Bertz CT molecular complexity index is 1000. The second-order valence-corrected chi connectivity index (χ2v) is 8.43. The number of rotatable bonds is 12. The summed E-state index contributed by atoms with van der Waals surface area (Å²) < 4.78 is 0. The van der Waals surface area contributed by atoms with E-state index in [2.05, 4.69) is 10.6 Å². The largest absolute Gasteiger partial charge is 0.391 e. The number of nitrogens with one attached hydrogen (secondary N) is 2. The van der Waals surface area contributed by atoms with Gasteiger partial charge in [-0.1, -0.05) is 60.7 Å². The average Bonchev–Trinajstić information content (AvgIpc) is 2.82. The third kappa shape index (κ3) is 8.84. The Morgan fingerprint density at radius 1 is 0.943 bits per heavy atom. The van der Waals surface area contributed by atoms with Gasteiger partial charge in [-0.3, -0.25) is 19.2 Å². The summed E-state index contributed by atoms with van der Waals surface area (Å²) >= 11 is 0. The molecule has 10 nitrogen and oxygen atoms in total. The third-order valence-corrected chi connectivity index (χ3v) is 5.38. The quantitative estimate of drug-likeness (QED) is 0.271. The fourth-order valence-electron chi connectivity index (χ4n) is 3.48. The minimum absolute atomic E-state index is 0.231. The molecule has 2 aromatic rings. The van der Waals surface area contributed by atoms with Gasteiger partial charge < -0.3 is 32.1 Å². The first-order chi connectivity index (χ1) is 16.6. The zero-order valence-corrected chi connectivity index (χ0v) is 19.9. The number of aliphatic hydroxyl groups excluding tert-OH is 1. The molecule has 4 atom stereocenters. The normalized spacial score (nSPS) is 14.2. The number of carbonyl (C=O) groups excluding carboxylic acids is 4. The fraction of sp³-hybridized carbons (Fsp3) is 0.360. The highest BCUT2D eigenvalue weighted by molar-refractivity contribution is 5.93. The molecule has 4 amide bonds. The van der Waals surface area contributed by atoms with Crippen LogP contribution in [0.15, 0.2) is 60.7 Å². The molecule has 0 radical (unpaired) electrons. The minimum atomic E-state index is -1.31. The van der Waals surface area contributed by atoms with Gasteiger partial charge in [-0.05, 0) is 18.1 Å². The molecule has 0 aliphatic heterocycles. The SMILES string of the molecule is CC(O)C(NC(=O)CC(N)C(=O)N[C@H](Cc1ccccc1)C(=O)N(C)Cc1ccccc1)C(N)=O. The molecule has 0 aliphatic rings. The number of benzene rings is 2. The van der Waals surface area contributed by atoms with Crippen molar-refractivity contribution in [2.45, 2.75) is 50.5 Å². The number of likely N-dealkylation sites (N-methyl/N-ethyl adjacent to an activating group) is 1. The number of nitrogens with zero attached hydrogens (tertiary/aromatic N) is 1. The van der Waals surface area contributed by atoms with Crippen LogP contribution < -0.4 is 22.1 Å². The molecule has 188 valence electrons. The Balaban J connectivity index is 2.08. The van der Waals surface area contributed by atoms with Crippen molar-refractivity contribution in [1.29, 1.82) is 0 Å². The highest BCUT2D eigenvalue weighted by Gasteiger charge is 2.29. The first kappa shape index (κ1) is 27.5. The molecule has 0 heterocycles. The van der Waals surface area contributed by atoms with Crippen molar-refractivity contribution in [3.05, 3.63) is 71.8 Å². The van der Waals surface area contributed by atoms with Gasteiger partial charge in [0.25, 0.3) is 0 Å². The smallest absolute Gasteiger partial charge is 0.245 e. The molecule has 0 aliphatic carbocycles. The predicted octanol–water partition coefficient (Wildman–Crippen LogP) is -0.559. The number of aliphatic hydroxyl groups is 1. The van der Waals surface area contributed by atoms with Crippen LogP contribution in [0.25, 0.3) is 0 Å². The van der Waals surface area contributed by atoms with E-state index in [1.165, 1.54) is 11.8 Å². The van der Waals surface area contributed by atoms with E-state index >= 15 is 0 Å². The highest BCUT2D eigenvalue weighted by Crippen LogP contribution is 2.09. The standard InChI is InChI=1S/C25H33N5O5/c1-16(31)22(23(27)33)29-21(32)14-19(26)24(34)28-20(13-17-9-5-3-6-10-17)25(35)30(2)15-18-11-7-4-8-12-18/h3-12,16,19-20,22,31H,13-15,26H2,1-2H3,(H2,27,33)(H,28,34)(H,29,32)/t16?,19?,20-,22?/m1/s1. The Morgan fingerprint density at radius 3 is 2.00 bits per heavy atom. The van der Waals surface area contributed by atoms with E-state index in [0.717, 1.165) is 11.1 Å². The maximum absolute atomic E-state index is 13.2. The number of hydrogen-bond acceptors (Lipinski definition) is 6. The number of amides is 4. The maximum Gasteiger partial charge on any atom is 0.245 e. The van der Waals surface area contributed by atoms with Crippen LogP contribution in [-0.4, -0.2) is 64.9 Å². The van der Waals surface area contributed by atoms with Crippen LogP contribution in [-0.2, 0) is 32.1 Å². The van der Waals surface area contributed by atoms with Crippen molar-refractivity contribution in [1.82, 2.24) is 15.5 Å². The van der Waals surface area contributed by atoms with E-state index in [1.807, 2.05) is 60.7 Å². The van der Waals surface area contributed by atoms with Crippen LogP contribution in [0, 0.1) is 0 Å². The van der Waals surface area contributed by atoms with Crippen molar-refractivity contribution >= 4 is 23.6 Å². The Kier molecular flexibility index (Phi) is 10.4. The lowest BCUT2D eigenvalue weighted by molar-refractivity contribution is -0.136. The van der Waals surface area contributed by atoms with E-state index in [4.69, 9.17) is 11.5 Å². The zero-order valence-electron chi connectivity index (χ0n) is 19.9. The molecule has 2 aromatic carbocycles. The van der Waals surface area contributed by atoms with Crippen LogP contribution in [0.4, 0.5) is 0 Å². The lowest BCUT2D eigenvalue weighted by Gasteiger charge is -2.26. The van der Waals surface area contributed by atoms with Crippen molar-refractivity contribution < 1.29 is 24.3 Å². The second kappa shape index (κ2) is 13.2. The summed E-state index contributed by atoms with van der Waals surface area (Å²) in [4.78, 5) is 51.2. The molecule has 0 bridgehead atoms. The molecule has 0 fully saturated rings. The van der Waals surface area contributed by atoms with Crippen LogP contribution >= 0.6 is 0 Å². The monoisotopic (exact) mass is 483 g/mol. The molecule has 0 spiro atoms. The van der Waals surface area contributed by atoms with Gasteiger partial charge in [0.1, 0.15) is 12.1 Å². The second-order valence-electron chi connectivity index (χ2n) is 8.43. The fourth-order valence-corrected chi connectivity index (χ4v) is 3.48. The van der Waals surface area contributed by atoms with Gasteiger partial charge in [0.05, 0.1) is 18.6 Å². The molecule has 7 N–H and O–H groups in total. The van der Waals surface area contributed by atoms with Gasteiger partial charge in [-0.15, -0.1) is 0 Å². The van der Waals surface area contributed by atoms with Gasteiger partial charge in [0, 0.05) is 20.0 Å². The molecule has 2 rings (SSSR count). The van der Waals surface area contributed by atoms with E-state index in [1.54, 1.807) is 7.05 Å². The molecule has 10 heteroatoms.